The first kappa shape index (κ1) is 61.5. The predicted octanol–water partition coefficient (Wildman–Crippen LogP) is 9.13. The summed E-state index contributed by atoms with van der Waals surface area (Å²) in [6, 6.07) is 10.3. The van der Waals surface area contributed by atoms with E-state index in [0.717, 1.165) is 17.5 Å². The molecule has 0 amide bonds. The first-order chi connectivity index (χ1) is 31.8. The van der Waals surface area contributed by atoms with Crippen molar-refractivity contribution in [3.8, 4) is 17.6 Å². The molecule has 0 saturated heterocycles. The van der Waals surface area contributed by atoms with E-state index >= 15 is 0 Å². The number of aliphatic imine (C=N–C) groups is 1. The molecule has 0 saturated carbocycles. The lowest BCUT2D eigenvalue weighted by Crippen LogP contribution is -2.33. The zero-order valence-electron chi connectivity index (χ0n) is 34.7. The predicted molar refractivity (Wildman–Crippen MR) is 285 cm³/mol. The standard InChI is InChI=1S/C12H11BrN4O3S.C12H11BrN4O2S.C7H8BrN3O2.C5H4BrNOS.CH3PS.2CH4/c1-19-12-7(13)2-3-8(16-12)11(14)17-20-4-10(18)9-5-21-6-15-9;1-18-12-7(13)2-3-8(16-12)11-15-9(4-19-17-11)10-5-20-6-14-10;1-13-7-4(8)2-3-5(10-7)6(9)11-12;6-1-5(8)4-2-9-3-7-4;1-2-3;;/h2-3,5-6H,4H2,1H3,(H2,14,17);2-3,5-6,9H,4H2,1H3,(H,15,17);2-3,12H,1H3,(H2,9,11);2-3H,1H2;1H3;2*1H4. The van der Waals surface area contributed by atoms with E-state index in [-0.39, 0.29) is 50.7 Å². The summed E-state index contributed by atoms with van der Waals surface area (Å²) in [5, 5.41) is 20.6. The van der Waals surface area contributed by atoms with Gasteiger partial charge in [0.1, 0.15) is 41.1 Å². The molecule has 6 N–H and O–H groups in total. The fourth-order valence-electron chi connectivity index (χ4n) is 4.28. The first-order valence-electron chi connectivity index (χ1n) is 17.8. The average Bonchev–Trinajstić information content (AvgIpc) is 4.19. The van der Waals surface area contributed by atoms with Gasteiger partial charge in [-0.3, -0.25) is 19.4 Å². The van der Waals surface area contributed by atoms with Crippen LogP contribution in [0.15, 0.2) is 97.8 Å². The summed E-state index contributed by atoms with van der Waals surface area (Å²) in [5.74, 6) is 1.61. The Morgan fingerprint density at radius 3 is 1.75 bits per heavy atom. The Kier molecular flexibility index (Phi) is 30.7. The molecule has 1 aliphatic rings. The maximum Gasteiger partial charge on any atom is 0.228 e. The lowest BCUT2D eigenvalue weighted by atomic mass is 10.2. The number of carbonyl (C=O) groups is 2. The average molecular weight is 1290 g/mol. The number of hydroxylamine groups is 1. The van der Waals surface area contributed by atoms with Crippen LogP contribution in [0.5, 0.6) is 17.6 Å². The number of hydrogen-bond donors (Lipinski definition) is 4. The highest BCUT2D eigenvalue weighted by Gasteiger charge is 2.21. The van der Waals surface area contributed by atoms with Crippen LogP contribution >= 0.6 is 105 Å². The van der Waals surface area contributed by atoms with Crippen molar-refractivity contribution in [3.63, 3.8) is 0 Å². The minimum atomic E-state index is -0.269. The van der Waals surface area contributed by atoms with Crippen molar-refractivity contribution >= 4 is 146 Å². The lowest BCUT2D eigenvalue weighted by molar-refractivity contribution is 0.0613. The number of alkyl halides is 1. The lowest BCUT2D eigenvalue weighted by Gasteiger charge is -2.20. The van der Waals surface area contributed by atoms with Crippen LogP contribution in [0.1, 0.15) is 64.6 Å². The molecule has 7 heterocycles. The SMILES string of the molecule is C.C.COc1nc(/C(N)=N/O)ccc1Br.COc1nc(/C(N)=N/OCC(=O)c2cscn2)ccc1Br.COc1nc(C2=NC(c3cscn3)CON2)ccc1Br.CP=S.O=C(CBr)c1cscn1. The van der Waals surface area contributed by atoms with Crippen molar-refractivity contribution in [2.24, 2.45) is 26.8 Å². The number of oxime groups is 2. The van der Waals surface area contributed by atoms with Gasteiger partial charge in [0.25, 0.3) is 0 Å². The normalized spacial score (nSPS) is 12.6. The molecular weight excluding hydrogens is 1240 g/mol. The molecule has 7 rings (SSSR count). The van der Waals surface area contributed by atoms with Crippen LogP contribution in [-0.2, 0) is 21.5 Å². The number of hydrogen-bond acceptors (Lipinski definition) is 22. The van der Waals surface area contributed by atoms with E-state index in [1.165, 1.54) is 36.9 Å². The molecule has 68 heavy (non-hydrogen) atoms. The van der Waals surface area contributed by atoms with Crippen LogP contribution in [0.25, 0.3) is 0 Å². The smallest absolute Gasteiger partial charge is 0.228 e. The molecule has 0 aromatic carbocycles. The second kappa shape index (κ2) is 33.9. The Labute approximate surface area is 444 Å². The quantitative estimate of drug-likeness (QED) is 0.0159. The van der Waals surface area contributed by atoms with Gasteiger partial charge in [0, 0.05) is 16.1 Å². The zero-order chi connectivity index (χ0) is 48.4. The molecule has 0 bridgehead atoms. The number of ketones is 2. The Balaban J connectivity index is 0.000000458. The second-order valence-corrected chi connectivity index (χ2v) is 18.3. The summed E-state index contributed by atoms with van der Waals surface area (Å²) in [4.78, 5) is 61.7. The van der Waals surface area contributed by atoms with Gasteiger partial charge in [-0.05, 0) is 98.2 Å². The zero-order valence-corrected chi connectivity index (χ0v) is 45.2. The number of nitrogens with zero attached hydrogens (tertiary/aromatic N) is 9. The van der Waals surface area contributed by atoms with Gasteiger partial charge in [0.2, 0.25) is 23.4 Å². The number of pyridine rings is 3. The van der Waals surface area contributed by atoms with Crippen molar-refractivity contribution in [2.75, 3.05) is 46.5 Å². The molecule has 29 heteroatoms. The van der Waals surface area contributed by atoms with E-state index in [1.807, 2.05) is 24.2 Å². The van der Waals surface area contributed by atoms with Gasteiger partial charge in [-0.25, -0.2) is 35.4 Å². The van der Waals surface area contributed by atoms with Crippen molar-refractivity contribution in [2.45, 2.75) is 20.9 Å². The van der Waals surface area contributed by atoms with Crippen LogP contribution in [0.2, 0.25) is 0 Å². The minimum Gasteiger partial charge on any atom is -0.480 e. The Hall–Kier alpha value is -4.51. The number of carbonyl (C=O) groups excluding carboxylic acids is 2. The third-order valence-corrected chi connectivity index (χ3v) is 11.4. The minimum absolute atomic E-state index is 0. The van der Waals surface area contributed by atoms with Crippen molar-refractivity contribution in [1.82, 2.24) is 35.4 Å². The number of aromatic nitrogens is 6. The number of amidine groups is 3. The Bertz CT molecular complexity index is 2550. The second-order valence-electron chi connectivity index (χ2n) is 11.5. The molecule has 6 aromatic heterocycles. The fraction of sp³-hybridized carbons (Fsp3) is 0.256. The van der Waals surface area contributed by atoms with Gasteiger partial charge in [0.15, 0.2) is 29.9 Å². The number of halogens is 4. The number of ether oxygens (including phenoxy) is 3. The van der Waals surface area contributed by atoms with Gasteiger partial charge < -0.3 is 35.7 Å². The van der Waals surface area contributed by atoms with Gasteiger partial charge in [-0.2, -0.15) is 0 Å². The topological polar surface area (TPSA) is 279 Å². The molecule has 1 aliphatic heterocycles. The van der Waals surface area contributed by atoms with Crippen LogP contribution in [-0.4, -0.2) is 111 Å². The van der Waals surface area contributed by atoms with E-state index in [0.29, 0.717) is 72.8 Å². The maximum atomic E-state index is 11.6. The maximum absolute atomic E-state index is 11.6. The van der Waals surface area contributed by atoms with E-state index in [1.54, 1.807) is 70.0 Å². The van der Waals surface area contributed by atoms with Gasteiger partial charge in [-0.15, -0.1) is 34.0 Å². The fourth-order valence-corrected chi connectivity index (χ4v) is 7.43. The molecule has 20 nitrogen and oxygen atoms in total. The van der Waals surface area contributed by atoms with Crippen LogP contribution < -0.4 is 31.2 Å². The number of thiazole rings is 3. The highest BCUT2D eigenvalue weighted by Crippen LogP contribution is 2.25. The summed E-state index contributed by atoms with van der Waals surface area (Å²) in [7, 11) is 5.55. The molecule has 0 spiro atoms. The number of rotatable bonds is 13. The Morgan fingerprint density at radius 1 is 0.794 bits per heavy atom. The number of methoxy groups -OCH3 is 3. The van der Waals surface area contributed by atoms with E-state index in [9.17, 15) is 9.59 Å². The molecule has 0 fully saturated rings. The summed E-state index contributed by atoms with van der Waals surface area (Å²) in [5.41, 5.74) is 22.1. The van der Waals surface area contributed by atoms with Crippen molar-refractivity contribution in [3.05, 3.63) is 117 Å². The third-order valence-electron chi connectivity index (χ3n) is 7.30. The molecule has 6 aromatic rings. The number of nitrogens with one attached hydrogen (secondary N) is 1. The first-order valence-corrected chi connectivity index (χ1v) is 26.5. The van der Waals surface area contributed by atoms with Crippen molar-refractivity contribution < 1.29 is 38.7 Å². The molecule has 366 valence electrons. The molecule has 0 radical (unpaired) electrons. The summed E-state index contributed by atoms with van der Waals surface area (Å²) in [6.07, 6.45) is 0. The molecular formula is C39H45Br4N12O8PS4. The number of Topliss-reactive ketones (excluding diaryl/α,β-unsaturated/α-hetero) is 2. The van der Waals surface area contributed by atoms with Crippen LogP contribution in [0.3, 0.4) is 0 Å². The van der Waals surface area contributed by atoms with Crippen LogP contribution in [0, 0.1) is 0 Å². The van der Waals surface area contributed by atoms with Crippen LogP contribution in [0.4, 0.5) is 0 Å². The Morgan fingerprint density at radius 2 is 1.28 bits per heavy atom. The van der Waals surface area contributed by atoms with Gasteiger partial charge in [-0.1, -0.05) is 52.9 Å². The third kappa shape index (κ3) is 20.2. The summed E-state index contributed by atoms with van der Waals surface area (Å²) in [6.45, 7) is 2.12. The highest BCUT2D eigenvalue weighted by molar-refractivity contribution is 9.11. The summed E-state index contributed by atoms with van der Waals surface area (Å²) < 4.78 is 17.4. The largest absolute Gasteiger partial charge is 0.480 e. The van der Waals surface area contributed by atoms with E-state index in [4.69, 9.17) is 40.6 Å². The monoisotopic (exact) mass is 1280 g/mol. The number of nitrogens with two attached hydrogens (primary N) is 2. The molecule has 1 unspecified atom stereocenters. The molecule has 1 atom stereocenters. The summed E-state index contributed by atoms with van der Waals surface area (Å²) >= 11 is 21.6. The highest BCUT2D eigenvalue weighted by atomic mass is 79.9. The molecule has 0 aliphatic carbocycles. The van der Waals surface area contributed by atoms with Gasteiger partial charge in [0.05, 0.1) is 62.3 Å². The van der Waals surface area contributed by atoms with E-state index in [2.05, 4.69) is 126 Å². The van der Waals surface area contributed by atoms with E-state index < -0.39 is 0 Å². The van der Waals surface area contributed by atoms with Gasteiger partial charge >= 0.3 is 0 Å². The van der Waals surface area contributed by atoms with Crippen molar-refractivity contribution in [1.29, 1.82) is 0 Å².